The van der Waals surface area contributed by atoms with E-state index in [4.69, 9.17) is 21.9 Å². The molecule has 0 aliphatic rings. The average Bonchev–Trinajstić information content (AvgIpc) is 2.60. The molecule has 1 aromatic heterocycles. The van der Waals surface area contributed by atoms with Crippen molar-refractivity contribution in [3.05, 3.63) is 34.3 Å². The lowest BCUT2D eigenvalue weighted by Crippen LogP contribution is -1.95. The molecule has 0 amide bonds. The molecule has 0 unspecified atom stereocenters. The Morgan fingerprint density at radius 2 is 2.06 bits per heavy atom. The van der Waals surface area contributed by atoms with Crippen molar-refractivity contribution >= 4 is 17.4 Å². The predicted octanol–water partition coefficient (Wildman–Crippen LogP) is 4.01. The highest BCUT2D eigenvalue weighted by Crippen LogP contribution is 2.37. The summed E-state index contributed by atoms with van der Waals surface area (Å²) >= 11 is 6.22. The van der Waals surface area contributed by atoms with Gasteiger partial charge in [-0.3, -0.25) is 0 Å². The van der Waals surface area contributed by atoms with Gasteiger partial charge in [0, 0.05) is 11.1 Å². The molecule has 0 spiro atoms. The van der Waals surface area contributed by atoms with E-state index in [1.165, 1.54) is 0 Å². The first kappa shape index (κ1) is 12.0. The molecule has 0 saturated carbocycles. The second-order valence-corrected chi connectivity index (χ2v) is 4.86. The standard InChI is InChI=1S/C13H15ClN2O/c1-7(2)11-12(17-16-13(11)15)9-5-4-8(3)6-10(9)14/h4-7H,1-3H3,(H2,15,16). The average molecular weight is 251 g/mol. The summed E-state index contributed by atoms with van der Waals surface area (Å²) < 4.78 is 5.30. The fourth-order valence-corrected chi connectivity index (χ4v) is 2.19. The smallest absolute Gasteiger partial charge is 0.174 e. The zero-order chi connectivity index (χ0) is 12.6. The van der Waals surface area contributed by atoms with E-state index < -0.39 is 0 Å². The van der Waals surface area contributed by atoms with Gasteiger partial charge in [-0.1, -0.05) is 36.7 Å². The number of hydrogen-bond acceptors (Lipinski definition) is 3. The predicted molar refractivity (Wildman–Crippen MR) is 70.2 cm³/mol. The van der Waals surface area contributed by atoms with E-state index in [1.54, 1.807) is 0 Å². The summed E-state index contributed by atoms with van der Waals surface area (Å²) in [6.07, 6.45) is 0. The minimum absolute atomic E-state index is 0.244. The van der Waals surface area contributed by atoms with Crippen LogP contribution in [0.3, 0.4) is 0 Å². The second kappa shape index (κ2) is 4.41. The van der Waals surface area contributed by atoms with Crippen LogP contribution in [0.15, 0.2) is 22.7 Å². The van der Waals surface area contributed by atoms with Gasteiger partial charge in [-0.15, -0.1) is 0 Å². The molecule has 17 heavy (non-hydrogen) atoms. The quantitative estimate of drug-likeness (QED) is 0.876. The highest BCUT2D eigenvalue weighted by Gasteiger charge is 2.20. The van der Waals surface area contributed by atoms with Crippen LogP contribution in [0.2, 0.25) is 5.02 Å². The van der Waals surface area contributed by atoms with Crippen molar-refractivity contribution in [3.8, 4) is 11.3 Å². The van der Waals surface area contributed by atoms with Gasteiger partial charge in [0.2, 0.25) is 0 Å². The molecule has 0 radical (unpaired) electrons. The summed E-state index contributed by atoms with van der Waals surface area (Å²) in [5.74, 6) is 1.35. The first-order valence-corrected chi connectivity index (χ1v) is 5.90. The Morgan fingerprint density at radius 1 is 1.35 bits per heavy atom. The largest absolute Gasteiger partial charge is 0.381 e. The number of nitrogens with zero attached hydrogens (tertiary/aromatic N) is 1. The maximum atomic E-state index is 6.22. The molecule has 3 nitrogen and oxygen atoms in total. The molecule has 0 saturated heterocycles. The van der Waals surface area contributed by atoms with Gasteiger partial charge in [0.15, 0.2) is 11.6 Å². The van der Waals surface area contributed by atoms with Crippen LogP contribution >= 0.6 is 11.6 Å². The number of anilines is 1. The Bertz CT molecular complexity index is 546. The van der Waals surface area contributed by atoms with E-state index in [2.05, 4.69) is 19.0 Å². The van der Waals surface area contributed by atoms with E-state index in [9.17, 15) is 0 Å². The van der Waals surface area contributed by atoms with Crippen LogP contribution in [-0.2, 0) is 0 Å². The molecule has 0 fully saturated rings. The van der Waals surface area contributed by atoms with Gasteiger partial charge in [0.25, 0.3) is 0 Å². The number of rotatable bonds is 2. The zero-order valence-electron chi connectivity index (χ0n) is 10.1. The molecule has 0 aliphatic heterocycles. The van der Waals surface area contributed by atoms with Gasteiger partial charge in [0.1, 0.15) is 0 Å². The molecule has 0 bridgehead atoms. The Morgan fingerprint density at radius 3 is 2.65 bits per heavy atom. The van der Waals surface area contributed by atoms with Crippen molar-refractivity contribution in [3.63, 3.8) is 0 Å². The minimum atomic E-state index is 0.244. The van der Waals surface area contributed by atoms with E-state index in [0.29, 0.717) is 16.6 Å². The number of halogens is 1. The summed E-state index contributed by atoms with van der Waals surface area (Å²) in [5, 5.41) is 4.48. The van der Waals surface area contributed by atoms with Crippen LogP contribution in [0.1, 0.15) is 30.9 Å². The third kappa shape index (κ3) is 2.15. The van der Waals surface area contributed by atoms with E-state index in [0.717, 1.165) is 16.7 Å². The van der Waals surface area contributed by atoms with E-state index in [-0.39, 0.29) is 5.92 Å². The molecule has 2 aromatic rings. The molecule has 2 rings (SSSR count). The van der Waals surface area contributed by atoms with Crippen LogP contribution in [-0.4, -0.2) is 5.16 Å². The van der Waals surface area contributed by atoms with Gasteiger partial charge in [-0.05, 0) is 30.5 Å². The molecular weight excluding hydrogens is 236 g/mol. The van der Waals surface area contributed by atoms with Crippen molar-refractivity contribution in [2.75, 3.05) is 5.73 Å². The SMILES string of the molecule is Cc1ccc(-c2onc(N)c2C(C)C)c(Cl)c1. The van der Waals surface area contributed by atoms with Gasteiger partial charge >= 0.3 is 0 Å². The lowest BCUT2D eigenvalue weighted by molar-refractivity contribution is 0.434. The topological polar surface area (TPSA) is 52.0 Å². The molecule has 90 valence electrons. The first-order chi connectivity index (χ1) is 8.00. The minimum Gasteiger partial charge on any atom is -0.381 e. The van der Waals surface area contributed by atoms with Gasteiger partial charge in [0.05, 0.1) is 5.02 Å². The van der Waals surface area contributed by atoms with Crippen molar-refractivity contribution in [1.29, 1.82) is 0 Å². The molecule has 4 heteroatoms. The van der Waals surface area contributed by atoms with Crippen molar-refractivity contribution in [2.24, 2.45) is 0 Å². The summed E-state index contributed by atoms with van der Waals surface area (Å²) in [6.45, 7) is 6.09. The molecule has 2 N–H and O–H groups in total. The number of aromatic nitrogens is 1. The van der Waals surface area contributed by atoms with Crippen LogP contribution in [0.25, 0.3) is 11.3 Å². The summed E-state index contributed by atoms with van der Waals surface area (Å²) in [6, 6.07) is 5.83. The molecule has 0 atom stereocenters. The number of benzene rings is 1. The third-order valence-electron chi connectivity index (χ3n) is 2.70. The normalized spacial score (nSPS) is 11.1. The molecule has 1 heterocycles. The van der Waals surface area contributed by atoms with E-state index in [1.807, 2.05) is 25.1 Å². The highest BCUT2D eigenvalue weighted by molar-refractivity contribution is 6.33. The highest BCUT2D eigenvalue weighted by atomic mass is 35.5. The van der Waals surface area contributed by atoms with Crippen molar-refractivity contribution < 1.29 is 4.52 Å². The number of nitrogen functional groups attached to an aromatic ring is 1. The number of nitrogens with two attached hydrogens (primary N) is 1. The number of aryl methyl sites for hydroxylation is 1. The Kier molecular flexibility index (Phi) is 3.11. The monoisotopic (exact) mass is 250 g/mol. The molecule has 1 aromatic carbocycles. The van der Waals surface area contributed by atoms with Crippen LogP contribution in [0.5, 0.6) is 0 Å². The summed E-state index contributed by atoms with van der Waals surface area (Å²) in [7, 11) is 0. The summed E-state index contributed by atoms with van der Waals surface area (Å²) in [5.41, 5.74) is 8.67. The number of hydrogen-bond donors (Lipinski definition) is 1. The Hall–Kier alpha value is -1.48. The van der Waals surface area contributed by atoms with Crippen LogP contribution in [0.4, 0.5) is 5.82 Å². The van der Waals surface area contributed by atoms with Crippen LogP contribution < -0.4 is 5.73 Å². The van der Waals surface area contributed by atoms with Crippen LogP contribution in [0, 0.1) is 6.92 Å². The maximum Gasteiger partial charge on any atom is 0.174 e. The third-order valence-corrected chi connectivity index (χ3v) is 3.02. The fraction of sp³-hybridized carbons (Fsp3) is 0.308. The maximum absolute atomic E-state index is 6.22. The lowest BCUT2D eigenvalue weighted by atomic mass is 9.99. The van der Waals surface area contributed by atoms with Gasteiger partial charge in [-0.25, -0.2) is 0 Å². The van der Waals surface area contributed by atoms with E-state index >= 15 is 0 Å². The van der Waals surface area contributed by atoms with Crippen molar-refractivity contribution in [2.45, 2.75) is 26.7 Å². The first-order valence-electron chi connectivity index (χ1n) is 5.52. The van der Waals surface area contributed by atoms with Gasteiger partial charge in [-0.2, -0.15) is 0 Å². The molecular formula is C13H15ClN2O. The fourth-order valence-electron chi connectivity index (χ4n) is 1.87. The van der Waals surface area contributed by atoms with Crippen molar-refractivity contribution in [1.82, 2.24) is 5.16 Å². The Labute approximate surface area is 106 Å². The summed E-state index contributed by atoms with van der Waals surface area (Å²) in [4.78, 5) is 0. The van der Waals surface area contributed by atoms with Gasteiger partial charge < -0.3 is 10.3 Å². The lowest BCUT2D eigenvalue weighted by Gasteiger charge is -2.07. The second-order valence-electron chi connectivity index (χ2n) is 4.45. The molecule has 0 aliphatic carbocycles. The Balaban J connectivity index is 2.61. The zero-order valence-corrected chi connectivity index (χ0v) is 10.9.